The third kappa shape index (κ3) is 4.19. The number of carbonyl (C=O) groups excluding carboxylic acids is 1. The van der Waals surface area contributed by atoms with Crippen LogP contribution >= 0.6 is 11.8 Å². The van der Waals surface area contributed by atoms with Gasteiger partial charge in [-0.15, -0.1) is 11.8 Å². The average molecular weight is 373 g/mol. The number of amides is 1. The first-order valence-electron chi connectivity index (χ1n) is 8.32. The van der Waals surface area contributed by atoms with Crippen LogP contribution in [0, 0.1) is 12.7 Å². The summed E-state index contributed by atoms with van der Waals surface area (Å²) < 4.78 is 23.8. The van der Waals surface area contributed by atoms with E-state index in [1.165, 1.54) is 12.1 Å². The molecule has 0 fully saturated rings. The molecule has 6 heteroatoms. The van der Waals surface area contributed by atoms with Crippen LogP contribution in [0.2, 0.25) is 0 Å². The molecule has 26 heavy (non-hydrogen) atoms. The number of thioether (sulfide) groups is 1. The lowest BCUT2D eigenvalue weighted by atomic mass is 10.1. The predicted octanol–water partition coefficient (Wildman–Crippen LogP) is 4.80. The van der Waals surface area contributed by atoms with Crippen LogP contribution in [-0.2, 0) is 0 Å². The number of furan rings is 1. The summed E-state index contributed by atoms with van der Waals surface area (Å²) in [5.74, 6) is 1.44. The summed E-state index contributed by atoms with van der Waals surface area (Å²) in [6.45, 7) is 2.41. The van der Waals surface area contributed by atoms with E-state index in [4.69, 9.17) is 9.15 Å². The van der Waals surface area contributed by atoms with E-state index in [1.807, 2.05) is 13.0 Å². The predicted molar refractivity (Wildman–Crippen MR) is 102 cm³/mol. The number of hydrogen-bond donors (Lipinski definition) is 1. The maximum atomic E-state index is 12.9. The molecule has 1 amide bonds. The van der Waals surface area contributed by atoms with Gasteiger partial charge in [-0.1, -0.05) is 0 Å². The van der Waals surface area contributed by atoms with E-state index in [2.05, 4.69) is 5.32 Å². The van der Waals surface area contributed by atoms with Crippen molar-refractivity contribution in [2.75, 3.05) is 19.4 Å². The van der Waals surface area contributed by atoms with Crippen molar-refractivity contribution >= 4 is 28.6 Å². The molecule has 1 aromatic heterocycles. The molecule has 1 heterocycles. The van der Waals surface area contributed by atoms with Crippen LogP contribution in [-0.4, -0.2) is 25.3 Å². The maximum absolute atomic E-state index is 12.9. The quantitative estimate of drug-likeness (QED) is 0.477. The molecule has 0 aliphatic heterocycles. The number of benzene rings is 2. The lowest BCUT2D eigenvalue weighted by molar-refractivity contribution is 0.0927. The van der Waals surface area contributed by atoms with Crippen LogP contribution in [0.25, 0.3) is 11.0 Å². The second-order valence-corrected chi connectivity index (χ2v) is 7.00. The topological polar surface area (TPSA) is 51.5 Å². The Hall–Kier alpha value is -2.47. The summed E-state index contributed by atoms with van der Waals surface area (Å²) in [7, 11) is 1.61. The van der Waals surface area contributed by atoms with E-state index < -0.39 is 0 Å². The number of fused-ring (bicyclic) bond motifs is 1. The molecule has 0 radical (unpaired) electrons. The van der Waals surface area contributed by atoms with Crippen molar-refractivity contribution in [2.24, 2.45) is 0 Å². The zero-order valence-corrected chi connectivity index (χ0v) is 15.5. The van der Waals surface area contributed by atoms with E-state index >= 15 is 0 Å². The van der Waals surface area contributed by atoms with Crippen LogP contribution in [0.15, 0.2) is 51.8 Å². The van der Waals surface area contributed by atoms with E-state index in [0.29, 0.717) is 17.9 Å². The summed E-state index contributed by atoms with van der Waals surface area (Å²) in [5.41, 5.74) is 1.47. The molecule has 2 aromatic carbocycles. The average Bonchev–Trinajstić information content (AvgIpc) is 2.99. The number of aryl methyl sites for hydroxylation is 1. The molecule has 136 valence electrons. The molecular formula is C20H20FNO3S. The van der Waals surface area contributed by atoms with Crippen molar-refractivity contribution in [2.45, 2.75) is 18.2 Å². The number of carbonyl (C=O) groups is 1. The van der Waals surface area contributed by atoms with Crippen LogP contribution in [0.1, 0.15) is 22.5 Å². The molecular weight excluding hydrogens is 353 g/mol. The van der Waals surface area contributed by atoms with Gasteiger partial charge >= 0.3 is 0 Å². The van der Waals surface area contributed by atoms with Gasteiger partial charge in [-0.2, -0.15) is 0 Å². The van der Waals surface area contributed by atoms with Gasteiger partial charge in [0.05, 0.1) is 7.11 Å². The van der Waals surface area contributed by atoms with Crippen molar-refractivity contribution in [1.82, 2.24) is 5.32 Å². The highest BCUT2D eigenvalue weighted by Gasteiger charge is 2.17. The highest BCUT2D eigenvalue weighted by molar-refractivity contribution is 7.99. The maximum Gasteiger partial charge on any atom is 0.287 e. The lowest BCUT2D eigenvalue weighted by Gasteiger charge is -2.04. The largest absolute Gasteiger partial charge is 0.497 e. The van der Waals surface area contributed by atoms with E-state index in [9.17, 15) is 9.18 Å². The van der Waals surface area contributed by atoms with Crippen LogP contribution in [0.5, 0.6) is 5.75 Å². The Balaban J connectivity index is 1.52. The van der Waals surface area contributed by atoms with Crippen molar-refractivity contribution in [3.05, 3.63) is 59.6 Å². The van der Waals surface area contributed by atoms with E-state index in [-0.39, 0.29) is 11.7 Å². The normalized spacial score (nSPS) is 10.9. The standard InChI is InChI=1S/C20H20FNO3S/c1-13-17-12-15(24-2)6-9-18(17)25-19(13)20(23)22-10-3-11-26-16-7-4-14(21)5-8-16/h4-9,12H,3,10-11H2,1-2H3,(H,22,23). The molecule has 0 spiro atoms. The molecule has 0 saturated carbocycles. The molecule has 3 rings (SSSR count). The minimum atomic E-state index is -0.236. The Morgan fingerprint density at radius 3 is 2.73 bits per heavy atom. The molecule has 0 bridgehead atoms. The monoisotopic (exact) mass is 373 g/mol. The highest BCUT2D eigenvalue weighted by atomic mass is 32.2. The van der Waals surface area contributed by atoms with E-state index in [0.717, 1.165) is 33.8 Å². The number of rotatable bonds is 7. The van der Waals surface area contributed by atoms with Gasteiger partial charge in [0, 0.05) is 22.4 Å². The summed E-state index contributed by atoms with van der Waals surface area (Å²) >= 11 is 1.63. The third-order valence-electron chi connectivity index (χ3n) is 4.04. The molecule has 3 aromatic rings. The fraction of sp³-hybridized carbons (Fsp3) is 0.250. The summed E-state index contributed by atoms with van der Waals surface area (Å²) in [6.07, 6.45) is 0.806. The summed E-state index contributed by atoms with van der Waals surface area (Å²) in [4.78, 5) is 13.4. The van der Waals surface area contributed by atoms with Crippen LogP contribution in [0.4, 0.5) is 4.39 Å². The fourth-order valence-corrected chi connectivity index (χ4v) is 3.47. The Kier molecular flexibility index (Phi) is 5.83. The van der Waals surface area contributed by atoms with Gasteiger partial charge in [0.25, 0.3) is 5.91 Å². The SMILES string of the molecule is COc1ccc2oc(C(=O)NCCCSc3ccc(F)cc3)c(C)c2c1. The molecule has 0 aliphatic carbocycles. The Morgan fingerprint density at radius 2 is 2.00 bits per heavy atom. The molecule has 0 saturated heterocycles. The minimum Gasteiger partial charge on any atom is -0.497 e. The first kappa shape index (κ1) is 18.3. The number of halogens is 1. The number of hydrogen-bond acceptors (Lipinski definition) is 4. The van der Waals surface area contributed by atoms with Crippen LogP contribution < -0.4 is 10.1 Å². The number of ether oxygens (including phenoxy) is 1. The fourth-order valence-electron chi connectivity index (χ4n) is 2.62. The van der Waals surface area contributed by atoms with Gasteiger partial charge in [-0.25, -0.2) is 4.39 Å². The zero-order chi connectivity index (χ0) is 18.5. The lowest BCUT2D eigenvalue weighted by Crippen LogP contribution is -2.24. The summed E-state index contributed by atoms with van der Waals surface area (Å²) in [6, 6.07) is 11.9. The first-order chi connectivity index (χ1) is 12.6. The van der Waals surface area contributed by atoms with Crippen molar-refractivity contribution in [3.8, 4) is 5.75 Å². The second kappa shape index (κ2) is 8.27. The second-order valence-electron chi connectivity index (χ2n) is 5.83. The Bertz CT molecular complexity index is 905. The van der Waals surface area contributed by atoms with Crippen molar-refractivity contribution in [3.63, 3.8) is 0 Å². The van der Waals surface area contributed by atoms with Gasteiger partial charge in [-0.05, 0) is 61.6 Å². The molecule has 4 nitrogen and oxygen atoms in total. The first-order valence-corrected chi connectivity index (χ1v) is 9.31. The number of nitrogens with one attached hydrogen (secondary N) is 1. The molecule has 0 unspecified atom stereocenters. The minimum absolute atomic E-state index is 0.218. The smallest absolute Gasteiger partial charge is 0.287 e. The van der Waals surface area contributed by atoms with Gasteiger partial charge in [-0.3, -0.25) is 4.79 Å². The van der Waals surface area contributed by atoms with Gasteiger partial charge in [0.15, 0.2) is 5.76 Å². The third-order valence-corrected chi connectivity index (χ3v) is 5.14. The highest BCUT2D eigenvalue weighted by Crippen LogP contribution is 2.28. The molecule has 0 aliphatic rings. The Morgan fingerprint density at radius 1 is 1.23 bits per heavy atom. The van der Waals surface area contributed by atoms with E-state index in [1.54, 1.807) is 43.1 Å². The van der Waals surface area contributed by atoms with Crippen molar-refractivity contribution < 1.29 is 18.3 Å². The van der Waals surface area contributed by atoms with Crippen molar-refractivity contribution in [1.29, 1.82) is 0 Å². The van der Waals surface area contributed by atoms with Crippen LogP contribution in [0.3, 0.4) is 0 Å². The Labute approximate surface area is 155 Å². The molecule has 1 N–H and O–H groups in total. The van der Waals surface area contributed by atoms with Gasteiger partial charge < -0.3 is 14.5 Å². The molecule has 0 atom stereocenters. The summed E-state index contributed by atoms with van der Waals surface area (Å²) in [5, 5.41) is 3.76. The number of methoxy groups -OCH3 is 1. The van der Waals surface area contributed by atoms with Gasteiger partial charge in [0.1, 0.15) is 17.1 Å². The zero-order valence-electron chi connectivity index (χ0n) is 14.7. The van der Waals surface area contributed by atoms with Gasteiger partial charge in [0.2, 0.25) is 0 Å².